The highest BCUT2D eigenvalue weighted by Crippen LogP contribution is 2.39. The van der Waals surface area contributed by atoms with Crippen LogP contribution in [-0.4, -0.2) is 89.9 Å². The normalized spacial score (nSPS) is 18.5. The molecule has 2 amide bonds. The van der Waals surface area contributed by atoms with E-state index in [-0.39, 0.29) is 30.1 Å². The van der Waals surface area contributed by atoms with Crippen molar-refractivity contribution in [3.8, 4) is 11.4 Å². The summed E-state index contributed by atoms with van der Waals surface area (Å²) in [5, 5.41) is 31.7. The highest BCUT2D eigenvalue weighted by molar-refractivity contribution is 5.89. The zero-order chi connectivity index (χ0) is 38.4. The van der Waals surface area contributed by atoms with E-state index in [1.165, 1.54) is 6.42 Å². The fourth-order valence-corrected chi connectivity index (χ4v) is 7.18. The third kappa shape index (κ3) is 8.84. The van der Waals surface area contributed by atoms with E-state index in [0.29, 0.717) is 11.9 Å². The summed E-state index contributed by atoms with van der Waals surface area (Å²) in [6, 6.07) is 14.1. The molecule has 0 bridgehead atoms. The number of carboxylic acid groups (broad SMARTS) is 1. The molecule has 1 saturated heterocycles. The van der Waals surface area contributed by atoms with Gasteiger partial charge in [0.1, 0.15) is 23.4 Å². The lowest BCUT2D eigenvalue weighted by Gasteiger charge is -2.33. The molecule has 15 nitrogen and oxygen atoms in total. The predicted molar refractivity (Wildman–Crippen MR) is 207 cm³/mol. The first kappa shape index (κ1) is 38.3. The fourth-order valence-electron chi connectivity index (χ4n) is 7.18. The van der Waals surface area contributed by atoms with Crippen LogP contribution in [0.15, 0.2) is 61.1 Å². The van der Waals surface area contributed by atoms with Gasteiger partial charge in [-0.3, -0.25) is 19.2 Å². The number of aromatic nitrogens is 7. The van der Waals surface area contributed by atoms with Crippen LogP contribution < -0.4 is 20.3 Å². The molecule has 54 heavy (non-hydrogen) atoms. The minimum Gasteiger partial charge on any atom is -0.484 e. The molecule has 0 radical (unpaired) electrons. The molecule has 1 aliphatic carbocycles. The maximum absolute atomic E-state index is 13.7. The number of anilines is 2. The lowest BCUT2D eigenvalue weighted by atomic mass is 9.85. The van der Waals surface area contributed by atoms with Gasteiger partial charge < -0.3 is 25.0 Å². The van der Waals surface area contributed by atoms with Gasteiger partial charge in [0.2, 0.25) is 5.95 Å². The van der Waals surface area contributed by atoms with Gasteiger partial charge in [0.15, 0.2) is 5.65 Å². The van der Waals surface area contributed by atoms with Crippen LogP contribution in [0.5, 0.6) is 5.75 Å². The third-order valence-electron chi connectivity index (χ3n) is 10.0. The van der Waals surface area contributed by atoms with Gasteiger partial charge >= 0.3 is 6.03 Å². The van der Waals surface area contributed by atoms with Crippen LogP contribution in [0.25, 0.3) is 11.3 Å². The molecule has 1 aliphatic heterocycles. The van der Waals surface area contributed by atoms with Crippen molar-refractivity contribution >= 4 is 29.9 Å². The Hall–Kier alpha value is -5.44. The van der Waals surface area contributed by atoms with E-state index in [0.717, 1.165) is 91.6 Å². The second kappa shape index (κ2) is 16.7. The van der Waals surface area contributed by atoms with Gasteiger partial charge in [0, 0.05) is 30.6 Å². The number of benzene rings is 1. The molecule has 4 aromatic heterocycles. The zero-order valence-corrected chi connectivity index (χ0v) is 32.1. The third-order valence-corrected chi connectivity index (χ3v) is 10.0. The molecule has 0 saturated carbocycles. The summed E-state index contributed by atoms with van der Waals surface area (Å²) in [6.07, 6.45) is 11.6. The Balaban J connectivity index is 0.00000160. The van der Waals surface area contributed by atoms with Gasteiger partial charge in [0.25, 0.3) is 6.47 Å². The average molecular weight is 740 g/mol. The fraction of sp³-hybridized carbons (Fsp3) is 0.487. The Labute approximate surface area is 316 Å². The molecule has 15 heteroatoms. The minimum atomic E-state index is -0.285. The van der Waals surface area contributed by atoms with Crippen molar-refractivity contribution in [2.45, 2.75) is 96.4 Å². The summed E-state index contributed by atoms with van der Waals surface area (Å²) < 4.78 is 12.4. The van der Waals surface area contributed by atoms with Crippen LogP contribution in [0, 0.1) is 0 Å². The highest BCUT2D eigenvalue weighted by atomic mass is 16.5. The molecule has 1 aromatic carbocycles. The molecule has 1 fully saturated rings. The van der Waals surface area contributed by atoms with E-state index >= 15 is 0 Å². The number of piperidine rings is 1. The quantitative estimate of drug-likeness (QED) is 0.140. The molecule has 0 spiro atoms. The van der Waals surface area contributed by atoms with E-state index < -0.39 is 0 Å². The Bertz CT molecular complexity index is 2030. The lowest BCUT2D eigenvalue weighted by Crippen LogP contribution is -2.38. The van der Waals surface area contributed by atoms with Gasteiger partial charge in [-0.05, 0) is 89.3 Å². The summed E-state index contributed by atoms with van der Waals surface area (Å²) in [7, 11) is 4.14. The molecular formula is C39H53N11O4. The van der Waals surface area contributed by atoms with E-state index in [4.69, 9.17) is 19.7 Å². The zero-order valence-electron chi connectivity index (χ0n) is 32.1. The first-order valence-corrected chi connectivity index (χ1v) is 18.8. The van der Waals surface area contributed by atoms with Crippen molar-refractivity contribution in [3.05, 3.63) is 77.9 Å². The van der Waals surface area contributed by atoms with Gasteiger partial charge in [-0.15, -0.1) is 10.2 Å². The van der Waals surface area contributed by atoms with E-state index in [2.05, 4.69) is 89.7 Å². The highest BCUT2D eigenvalue weighted by Gasteiger charge is 2.31. The number of nitrogens with zero attached hydrogens (tertiary/aromatic N) is 9. The Morgan fingerprint density at radius 1 is 1.06 bits per heavy atom. The van der Waals surface area contributed by atoms with Gasteiger partial charge in [-0.25, -0.2) is 9.48 Å². The second-order valence-corrected chi connectivity index (χ2v) is 15.4. The number of carbonyl (C=O) groups excluding carboxylic acids is 1. The van der Waals surface area contributed by atoms with E-state index in [9.17, 15) is 4.79 Å². The molecule has 5 aromatic rings. The number of hydrogen-bond donors (Lipinski definition) is 3. The molecule has 5 heterocycles. The summed E-state index contributed by atoms with van der Waals surface area (Å²) in [5.74, 6) is 2.23. The van der Waals surface area contributed by atoms with Crippen molar-refractivity contribution in [1.82, 2.24) is 44.4 Å². The predicted octanol–water partition coefficient (Wildman–Crippen LogP) is 6.22. The summed E-state index contributed by atoms with van der Waals surface area (Å²) >= 11 is 0. The summed E-state index contributed by atoms with van der Waals surface area (Å²) in [6.45, 7) is 11.1. The first-order valence-electron chi connectivity index (χ1n) is 18.8. The number of ether oxygens (including phenoxy) is 1. The average Bonchev–Trinajstić information content (AvgIpc) is 3.88. The monoisotopic (exact) mass is 739 g/mol. The lowest BCUT2D eigenvalue weighted by molar-refractivity contribution is -0.122. The number of carbonyl (C=O) groups is 2. The Morgan fingerprint density at radius 2 is 1.83 bits per heavy atom. The van der Waals surface area contributed by atoms with Crippen molar-refractivity contribution in [2.75, 3.05) is 37.4 Å². The number of amides is 2. The van der Waals surface area contributed by atoms with Gasteiger partial charge in [-0.1, -0.05) is 45.0 Å². The van der Waals surface area contributed by atoms with E-state index in [1.54, 1.807) is 10.9 Å². The van der Waals surface area contributed by atoms with Crippen LogP contribution in [0.1, 0.15) is 95.2 Å². The van der Waals surface area contributed by atoms with Gasteiger partial charge in [-0.2, -0.15) is 10.2 Å². The SMILES string of the molecule is C[C@H]1CCCCN1c1nnc2ccc(O[C@@H]3CC[C@H](NC(=O)Nc4cc(C(C)(C)C)nn4-c4cnn(CCCN(C)C)c4)c4ccccc43)cn12.O=CO. The van der Waals surface area contributed by atoms with Gasteiger partial charge in [0.05, 0.1) is 30.3 Å². The number of nitrogens with one attached hydrogen (secondary N) is 2. The number of rotatable bonds is 10. The number of fused-ring (bicyclic) bond motifs is 2. The van der Waals surface area contributed by atoms with E-state index in [1.807, 2.05) is 51.8 Å². The van der Waals surface area contributed by atoms with Crippen molar-refractivity contribution in [3.63, 3.8) is 0 Å². The second-order valence-electron chi connectivity index (χ2n) is 15.4. The van der Waals surface area contributed by atoms with Crippen LogP contribution in [0.4, 0.5) is 16.6 Å². The molecule has 3 N–H and O–H groups in total. The van der Waals surface area contributed by atoms with Crippen molar-refractivity contribution < 1.29 is 19.4 Å². The minimum absolute atomic E-state index is 0.154. The standard InChI is InChI=1S/C38H51N11O2.CH2O2/c1-26-12-9-10-21-47(26)37-43-42-34-18-15-28(25-48(34)37)51-32-17-16-31(29-13-7-8-14-30(29)32)40-36(50)41-35-22-33(38(2,3)4)44-49(35)27-23-39-46(24-27)20-11-19-45(5)6;2-1-3/h7-8,13-15,18,22-26,31-32H,9-12,16-17,19-21H2,1-6H3,(H2,40,41,50);1H,(H,2,3)/t26-,31-,32+;/m0./s1. The molecule has 7 rings (SSSR count). The number of urea groups is 1. The molecular weight excluding hydrogens is 687 g/mol. The molecule has 2 aliphatic rings. The number of aryl methyl sites for hydroxylation is 1. The largest absolute Gasteiger partial charge is 0.484 e. The van der Waals surface area contributed by atoms with Crippen LogP contribution >= 0.6 is 0 Å². The van der Waals surface area contributed by atoms with Crippen LogP contribution in [0.3, 0.4) is 0 Å². The summed E-state index contributed by atoms with van der Waals surface area (Å²) in [4.78, 5) is 26.5. The summed E-state index contributed by atoms with van der Waals surface area (Å²) in [5.41, 5.74) is 4.41. The number of hydrogen-bond acceptors (Lipinski definition) is 9. The number of pyridine rings is 1. The Morgan fingerprint density at radius 3 is 2.57 bits per heavy atom. The maximum atomic E-state index is 13.7. The topological polar surface area (TPSA) is 160 Å². The molecule has 0 unspecified atom stereocenters. The first-order chi connectivity index (χ1) is 25.9. The molecule has 3 atom stereocenters. The van der Waals surface area contributed by atoms with Crippen LogP contribution in [-0.2, 0) is 16.8 Å². The van der Waals surface area contributed by atoms with Crippen molar-refractivity contribution in [1.29, 1.82) is 0 Å². The van der Waals surface area contributed by atoms with Crippen LogP contribution in [0.2, 0.25) is 0 Å². The van der Waals surface area contributed by atoms with Crippen molar-refractivity contribution in [2.24, 2.45) is 0 Å². The smallest absolute Gasteiger partial charge is 0.320 e. The molecule has 288 valence electrons. The Kier molecular flexibility index (Phi) is 11.8. The maximum Gasteiger partial charge on any atom is 0.320 e.